The number of allylic oxidation sites excluding steroid dienone is 1. The van der Waals surface area contributed by atoms with Crippen LogP contribution in [0.1, 0.15) is 13.8 Å². The first kappa shape index (κ1) is 9.48. The lowest BCUT2D eigenvalue weighted by Crippen LogP contribution is -2.38. The first-order valence-electron chi connectivity index (χ1n) is 3.82. The van der Waals surface area contributed by atoms with Crippen molar-refractivity contribution in [2.24, 2.45) is 9.39 Å². The third-order valence-corrected chi connectivity index (χ3v) is 2.05. The number of rotatable bonds is 1. The summed E-state index contributed by atoms with van der Waals surface area (Å²) in [4.78, 5) is 4.29. The first-order valence-corrected chi connectivity index (χ1v) is 4.22. The van der Waals surface area contributed by atoms with E-state index < -0.39 is 0 Å². The Morgan fingerprint density at radius 3 is 2.75 bits per heavy atom. The number of nitrogens with zero attached hydrogens (tertiary/aromatic N) is 2. The van der Waals surface area contributed by atoms with E-state index in [0.717, 1.165) is 17.1 Å². The summed E-state index contributed by atoms with van der Waals surface area (Å²) in [5.41, 5.74) is 2.85. The topological polar surface area (TPSA) is 36.8 Å². The van der Waals surface area contributed by atoms with Crippen LogP contribution in [0.3, 0.4) is 0 Å². The number of aliphatic imine (C=N–C) groups is 1. The molecule has 0 saturated heterocycles. The van der Waals surface area contributed by atoms with Crippen molar-refractivity contribution >= 4 is 24.2 Å². The lowest BCUT2D eigenvalue weighted by Gasteiger charge is -2.18. The molecule has 0 unspecified atom stereocenters. The molecule has 0 aromatic heterocycles. The van der Waals surface area contributed by atoms with E-state index in [1.165, 1.54) is 0 Å². The highest BCUT2D eigenvalue weighted by atomic mass is 32.1. The van der Waals surface area contributed by atoms with Crippen LogP contribution in [-0.2, 0) is 0 Å². The van der Waals surface area contributed by atoms with Gasteiger partial charge < -0.3 is 5.32 Å². The molecule has 1 aliphatic heterocycles. The van der Waals surface area contributed by atoms with Gasteiger partial charge in [-0.15, -0.1) is 0 Å². The van der Waals surface area contributed by atoms with E-state index in [-0.39, 0.29) is 6.04 Å². The molecule has 0 saturated carbocycles. The van der Waals surface area contributed by atoms with Crippen molar-refractivity contribution in [1.82, 2.24) is 5.32 Å². The fourth-order valence-corrected chi connectivity index (χ4v) is 1.53. The first-order chi connectivity index (χ1) is 5.69. The summed E-state index contributed by atoms with van der Waals surface area (Å²) in [5.74, 6) is 0. The Morgan fingerprint density at radius 2 is 2.25 bits per heavy atom. The van der Waals surface area contributed by atoms with Crippen molar-refractivity contribution in [3.63, 3.8) is 0 Å². The van der Waals surface area contributed by atoms with E-state index in [9.17, 15) is 0 Å². The van der Waals surface area contributed by atoms with Gasteiger partial charge in [0.15, 0.2) is 0 Å². The van der Waals surface area contributed by atoms with Crippen LogP contribution in [0.2, 0.25) is 0 Å². The molecular weight excluding hydrogens is 170 g/mol. The molecule has 0 fully saturated rings. The van der Waals surface area contributed by atoms with Crippen molar-refractivity contribution < 1.29 is 0 Å². The zero-order chi connectivity index (χ0) is 9.14. The Balaban J connectivity index is 2.99. The highest BCUT2D eigenvalue weighted by molar-refractivity contribution is 7.79. The summed E-state index contributed by atoms with van der Waals surface area (Å²) in [6.07, 6.45) is 2.03. The van der Waals surface area contributed by atoms with E-state index in [2.05, 4.69) is 27.5 Å². The third kappa shape index (κ3) is 1.76. The van der Waals surface area contributed by atoms with Crippen molar-refractivity contribution in [3.05, 3.63) is 11.8 Å². The minimum atomic E-state index is 0.153. The van der Waals surface area contributed by atoms with Gasteiger partial charge in [0.05, 0.1) is 17.5 Å². The van der Waals surface area contributed by atoms with E-state index in [1.807, 2.05) is 27.0 Å². The van der Waals surface area contributed by atoms with Gasteiger partial charge in [-0.3, -0.25) is 4.99 Å². The summed E-state index contributed by atoms with van der Waals surface area (Å²) in [5, 5.41) is 3.13. The largest absolute Gasteiger partial charge is 0.308 e. The zero-order valence-corrected chi connectivity index (χ0v) is 8.39. The standard InChI is InChI=1S/C8H13N3S/c1-5-4-7(9-3)8(11-12)6(2)10-5/h4,7,9,12H,1-3H3/t7-/m0/s1. The van der Waals surface area contributed by atoms with Gasteiger partial charge in [0.1, 0.15) is 0 Å². The molecule has 0 aromatic rings. The lowest BCUT2D eigenvalue weighted by atomic mass is 10.0. The van der Waals surface area contributed by atoms with Crippen LogP contribution in [0.25, 0.3) is 0 Å². The normalized spacial score (nSPS) is 27.0. The van der Waals surface area contributed by atoms with Crippen LogP contribution in [0, 0.1) is 0 Å². The maximum atomic E-state index is 4.29. The maximum Gasteiger partial charge on any atom is 0.0904 e. The molecule has 1 heterocycles. The number of hydrogen-bond acceptors (Lipinski definition) is 4. The van der Waals surface area contributed by atoms with E-state index in [4.69, 9.17) is 0 Å². The summed E-state index contributed by atoms with van der Waals surface area (Å²) in [6.45, 7) is 3.92. The van der Waals surface area contributed by atoms with Gasteiger partial charge in [-0.2, -0.15) is 0 Å². The van der Waals surface area contributed by atoms with Crippen molar-refractivity contribution in [1.29, 1.82) is 0 Å². The second-order valence-corrected chi connectivity index (χ2v) is 2.96. The Hall–Kier alpha value is -0.610. The van der Waals surface area contributed by atoms with Gasteiger partial charge in [-0.25, -0.2) is 4.40 Å². The predicted molar refractivity (Wildman–Crippen MR) is 56.1 cm³/mol. The van der Waals surface area contributed by atoms with Crippen LogP contribution in [-0.4, -0.2) is 24.5 Å². The van der Waals surface area contributed by atoms with E-state index >= 15 is 0 Å². The zero-order valence-electron chi connectivity index (χ0n) is 7.50. The van der Waals surface area contributed by atoms with Crippen LogP contribution in [0.5, 0.6) is 0 Å². The molecule has 3 nitrogen and oxygen atoms in total. The number of nitrogens with one attached hydrogen (secondary N) is 1. The van der Waals surface area contributed by atoms with Crippen molar-refractivity contribution in [2.75, 3.05) is 7.05 Å². The van der Waals surface area contributed by atoms with Crippen LogP contribution in [0.15, 0.2) is 21.2 Å². The number of likely N-dealkylation sites (N-methyl/N-ethyl adjacent to an activating group) is 1. The van der Waals surface area contributed by atoms with Gasteiger partial charge >= 0.3 is 0 Å². The molecule has 1 rings (SSSR count). The Kier molecular flexibility index (Phi) is 3.05. The quantitative estimate of drug-likeness (QED) is 0.590. The molecule has 0 aliphatic carbocycles. The predicted octanol–water partition coefficient (Wildman–Crippen LogP) is 1.24. The highest BCUT2D eigenvalue weighted by Crippen LogP contribution is 2.09. The number of thiol groups is 1. The van der Waals surface area contributed by atoms with Gasteiger partial charge in [0, 0.05) is 5.70 Å². The summed E-state index contributed by atoms with van der Waals surface area (Å²) in [6, 6.07) is 0.153. The minimum absolute atomic E-state index is 0.153. The van der Waals surface area contributed by atoms with E-state index in [0.29, 0.717) is 0 Å². The molecule has 0 aromatic carbocycles. The molecule has 1 atom stereocenters. The van der Waals surface area contributed by atoms with Gasteiger partial charge in [-0.05, 0) is 39.8 Å². The Morgan fingerprint density at radius 1 is 1.58 bits per heavy atom. The summed E-state index contributed by atoms with van der Waals surface area (Å²) < 4.78 is 3.89. The highest BCUT2D eigenvalue weighted by Gasteiger charge is 2.18. The van der Waals surface area contributed by atoms with Crippen LogP contribution in [0.4, 0.5) is 0 Å². The molecule has 0 amide bonds. The Labute approximate surface area is 78.2 Å². The minimum Gasteiger partial charge on any atom is -0.308 e. The van der Waals surface area contributed by atoms with E-state index in [1.54, 1.807) is 0 Å². The fraction of sp³-hybridized carbons (Fsp3) is 0.500. The Bertz CT molecular complexity index is 265. The van der Waals surface area contributed by atoms with Crippen molar-refractivity contribution in [3.8, 4) is 0 Å². The summed E-state index contributed by atoms with van der Waals surface area (Å²) >= 11 is 3.90. The van der Waals surface area contributed by atoms with Crippen LogP contribution >= 0.6 is 12.8 Å². The van der Waals surface area contributed by atoms with Gasteiger partial charge in [-0.1, -0.05) is 0 Å². The van der Waals surface area contributed by atoms with Gasteiger partial charge in [0.2, 0.25) is 0 Å². The average molecular weight is 183 g/mol. The molecule has 0 bridgehead atoms. The molecule has 4 heteroatoms. The lowest BCUT2D eigenvalue weighted by molar-refractivity contribution is 0.817. The SMILES string of the molecule is CN[C@H]1C=C(C)N=C(C)C1=NS. The third-order valence-electron chi connectivity index (χ3n) is 1.84. The van der Waals surface area contributed by atoms with Gasteiger partial charge in [0.25, 0.3) is 0 Å². The molecule has 66 valence electrons. The molecule has 0 radical (unpaired) electrons. The maximum absolute atomic E-state index is 4.29. The monoisotopic (exact) mass is 183 g/mol. The molecule has 0 spiro atoms. The molecule has 12 heavy (non-hydrogen) atoms. The molecule has 1 aliphatic rings. The number of hydrogen-bond donors (Lipinski definition) is 2. The summed E-state index contributed by atoms with van der Waals surface area (Å²) in [7, 11) is 1.89. The van der Waals surface area contributed by atoms with Crippen LogP contribution < -0.4 is 5.32 Å². The second-order valence-electron chi connectivity index (χ2n) is 2.76. The molecule has 1 N–H and O–H groups in total. The fourth-order valence-electron chi connectivity index (χ4n) is 1.26. The molecular formula is C8H13N3S. The van der Waals surface area contributed by atoms with Crippen molar-refractivity contribution in [2.45, 2.75) is 19.9 Å². The second kappa shape index (κ2) is 3.87. The average Bonchev–Trinajstić information content (AvgIpc) is 2.03. The smallest absolute Gasteiger partial charge is 0.0904 e.